The second-order valence-corrected chi connectivity index (χ2v) is 7.73. The first kappa shape index (κ1) is 13.9. The average molecular weight is 276 g/mol. The van der Waals surface area contributed by atoms with Crippen LogP contribution in [0.3, 0.4) is 0 Å². The summed E-state index contributed by atoms with van der Waals surface area (Å²) in [5, 5.41) is 1.05. The van der Waals surface area contributed by atoms with Crippen LogP contribution in [-0.4, -0.2) is 22.8 Å². The van der Waals surface area contributed by atoms with Crippen LogP contribution in [0.5, 0.6) is 0 Å². The molecule has 0 saturated carbocycles. The van der Waals surface area contributed by atoms with Crippen molar-refractivity contribution in [1.82, 2.24) is 0 Å². The molecular formula is C15H17FO2Si. The molecule has 2 rings (SSSR count). The van der Waals surface area contributed by atoms with E-state index in [9.17, 15) is 4.39 Å². The lowest BCUT2D eigenvalue weighted by molar-refractivity contribution is 0.265. The second kappa shape index (κ2) is 5.65. The third kappa shape index (κ3) is 2.92. The van der Waals surface area contributed by atoms with Gasteiger partial charge in [0.15, 0.2) is 0 Å². The van der Waals surface area contributed by atoms with Crippen molar-refractivity contribution in [2.24, 2.45) is 0 Å². The number of hydrogen-bond acceptors (Lipinski definition) is 2. The topological polar surface area (TPSA) is 18.5 Å². The van der Waals surface area contributed by atoms with Gasteiger partial charge < -0.3 is 8.85 Å². The van der Waals surface area contributed by atoms with Crippen LogP contribution < -0.4 is 5.19 Å². The molecule has 19 heavy (non-hydrogen) atoms. The molecule has 0 aliphatic rings. The van der Waals surface area contributed by atoms with Crippen LogP contribution in [0.4, 0.5) is 4.39 Å². The maximum Gasteiger partial charge on any atom is 0.368 e. The summed E-state index contributed by atoms with van der Waals surface area (Å²) in [5.74, 6) is -0.227. The van der Waals surface area contributed by atoms with Gasteiger partial charge >= 0.3 is 8.56 Å². The normalized spacial score (nSPS) is 11.6. The highest BCUT2D eigenvalue weighted by Crippen LogP contribution is 2.19. The first-order chi connectivity index (χ1) is 9.09. The van der Waals surface area contributed by atoms with Crippen LogP contribution in [0.2, 0.25) is 6.55 Å². The summed E-state index contributed by atoms with van der Waals surface area (Å²) in [6.07, 6.45) is 0. The molecule has 0 aliphatic carbocycles. The molecule has 0 amide bonds. The van der Waals surface area contributed by atoms with Crippen molar-refractivity contribution in [2.75, 3.05) is 14.2 Å². The lowest BCUT2D eigenvalue weighted by Gasteiger charge is -2.23. The van der Waals surface area contributed by atoms with Crippen LogP contribution >= 0.6 is 0 Å². The van der Waals surface area contributed by atoms with Crippen molar-refractivity contribution in [3.8, 4) is 11.1 Å². The van der Waals surface area contributed by atoms with Crippen LogP contribution in [0.25, 0.3) is 11.1 Å². The summed E-state index contributed by atoms with van der Waals surface area (Å²) in [6, 6.07) is 14.5. The zero-order valence-corrected chi connectivity index (χ0v) is 12.3. The summed E-state index contributed by atoms with van der Waals surface area (Å²) in [6.45, 7) is 1.99. The fourth-order valence-corrected chi connectivity index (χ4v) is 3.36. The van der Waals surface area contributed by atoms with Gasteiger partial charge in [-0.3, -0.25) is 0 Å². The van der Waals surface area contributed by atoms with Gasteiger partial charge in [0.1, 0.15) is 5.82 Å². The van der Waals surface area contributed by atoms with Gasteiger partial charge in [0.25, 0.3) is 0 Å². The van der Waals surface area contributed by atoms with E-state index in [1.165, 1.54) is 12.1 Å². The molecule has 0 saturated heterocycles. The third-order valence-electron chi connectivity index (χ3n) is 3.35. The molecule has 2 aromatic carbocycles. The van der Waals surface area contributed by atoms with Crippen LogP contribution in [-0.2, 0) is 8.85 Å². The van der Waals surface area contributed by atoms with Gasteiger partial charge in [-0.15, -0.1) is 0 Å². The molecule has 0 bridgehead atoms. The minimum atomic E-state index is -2.28. The van der Waals surface area contributed by atoms with Crippen molar-refractivity contribution >= 4 is 13.7 Å². The smallest absolute Gasteiger partial charge is 0.368 e. The van der Waals surface area contributed by atoms with E-state index in [1.807, 2.05) is 36.9 Å². The van der Waals surface area contributed by atoms with Crippen LogP contribution in [0, 0.1) is 5.82 Å². The number of hydrogen-bond donors (Lipinski definition) is 0. The predicted molar refractivity (Wildman–Crippen MR) is 77.1 cm³/mol. The Labute approximate surface area is 114 Å². The summed E-state index contributed by atoms with van der Waals surface area (Å²) in [4.78, 5) is 0. The third-order valence-corrected chi connectivity index (χ3v) is 6.29. The van der Waals surface area contributed by atoms with Gasteiger partial charge in [-0.2, -0.15) is 0 Å². The van der Waals surface area contributed by atoms with Crippen molar-refractivity contribution in [3.05, 3.63) is 54.3 Å². The molecule has 100 valence electrons. The fourth-order valence-electron chi connectivity index (χ4n) is 1.95. The number of benzene rings is 2. The Morgan fingerprint density at radius 1 is 0.895 bits per heavy atom. The number of rotatable bonds is 4. The maximum atomic E-state index is 13.2. The molecule has 0 spiro atoms. The highest BCUT2D eigenvalue weighted by Gasteiger charge is 2.31. The predicted octanol–water partition coefficient (Wildman–Crippen LogP) is 3.06. The highest BCUT2D eigenvalue weighted by molar-refractivity contribution is 6.79. The molecular weight excluding hydrogens is 259 g/mol. The van der Waals surface area contributed by atoms with E-state index < -0.39 is 8.56 Å². The maximum absolute atomic E-state index is 13.2. The first-order valence-corrected chi connectivity index (χ1v) is 8.37. The SMILES string of the molecule is CO[Si](C)(OC)c1ccc(-c2cccc(F)c2)cc1. The molecule has 4 heteroatoms. The summed E-state index contributed by atoms with van der Waals surface area (Å²) in [7, 11) is 1.04. The van der Waals surface area contributed by atoms with E-state index in [-0.39, 0.29) is 5.82 Å². The molecule has 0 atom stereocenters. The molecule has 2 nitrogen and oxygen atoms in total. The van der Waals surface area contributed by atoms with E-state index >= 15 is 0 Å². The Morgan fingerprint density at radius 2 is 1.53 bits per heavy atom. The molecule has 2 aromatic rings. The summed E-state index contributed by atoms with van der Waals surface area (Å²) >= 11 is 0. The summed E-state index contributed by atoms with van der Waals surface area (Å²) < 4.78 is 24.2. The van der Waals surface area contributed by atoms with E-state index in [2.05, 4.69) is 0 Å². The van der Waals surface area contributed by atoms with Gasteiger partial charge in [-0.25, -0.2) is 4.39 Å². The molecule has 0 aromatic heterocycles. The molecule has 0 aliphatic heterocycles. The Kier molecular flexibility index (Phi) is 4.14. The second-order valence-electron chi connectivity index (χ2n) is 4.44. The van der Waals surface area contributed by atoms with Crippen LogP contribution in [0.1, 0.15) is 0 Å². The standard InChI is InChI=1S/C15H17FO2Si/c1-17-19(3,18-2)15-9-7-12(8-10-15)13-5-4-6-14(16)11-13/h4-11H,1-3H3. The molecule has 0 radical (unpaired) electrons. The van der Waals surface area contributed by atoms with Crippen molar-refractivity contribution in [3.63, 3.8) is 0 Å². The summed E-state index contributed by atoms with van der Waals surface area (Å²) in [5.41, 5.74) is 1.84. The zero-order valence-electron chi connectivity index (χ0n) is 11.3. The van der Waals surface area contributed by atoms with E-state index in [0.717, 1.165) is 16.3 Å². The van der Waals surface area contributed by atoms with Gasteiger partial charge in [-0.1, -0.05) is 36.4 Å². The monoisotopic (exact) mass is 276 g/mol. The Bertz CT molecular complexity index is 550. The van der Waals surface area contributed by atoms with Gasteiger partial charge in [0.05, 0.1) is 0 Å². The lowest BCUT2D eigenvalue weighted by atomic mass is 10.1. The van der Waals surface area contributed by atoms with Gasteiger partial charge in [-0.05, 0) is 35.0 Å². The van der Waals surface area contributed by atoms with Gasteiger partial charge in [0.2, 0.25) is 0 Å². The largest absolute Gasteiger partial charge is 0.394 e. The minimum absolute atomic E-state index is 0.227. The minimum Gasteiger partial charge on any atom is -0.394 e. The van der Waals surface area contributed by atoms with E-state index in [1.54, 1.807) is 20.3 Å². The Balaban J connectivity index is 2.33. The molecule has 0 fully saturated rings. The Morgan fingerprint density at radius 3 is 2.05 bits per heavy atom. The van der Waals surface area contributed by atoms with Crippen molar-refractivity contribution in [1.29, 1.82) is 0 Å². The lowest BCUT2D eigenvalue weighted by Crippen LogP contribution is -2.49. The van der Waals surface area contributed by atoms with E-state index in [4.69, 9.17) is 8.85 Å². The van der Waals surface area contributed by atoms with Crippen molar-refractivity contribution < 1.29 is 13.2 Å². The zero-order chi connectivity index (χ0) is 13.9. The van der Waals surface area contributed by atoms with E-state index in [0.29, 0.717) is 0 Å². The first-order valence-electron chi connectivity index (χ1n) is 6.06. The number of halogens is 1. The highest BCUT2D eigenvalue weighted by atomic mass is 28.4. The van der Waals surface area contributed by atoms with Crippen LogP contribution in [0.15, 0.2) is 48.5 Å². The van der Waals surface area contributed by atoms with Crippen molar-refractivity contribution in [2.45, 2.75) is 6.55 Å². The van der Waals surface area contributed by atoms with Gasteiger partial charge in [0, 0.05) is 14.2 Å². The fraction of sp³-hybridized carbons (Fsp3) is 0.200. The average Bonchev–Trinajstić information content (AvgIpc) is 2.46. The molecule has 0 N–H and O–H groups in total. The molecule has 0 unspecified atom stereocenters. The molecule has 0 heterocycles. The quantitative estimate of drug-likeness (QED) is 0.799. The Hall–Kier alpha value is -1.49.